The van der Waals surface area contributed by atoms with Crippen LogP contribution in [0.15, 0.2) is 6.20 Å². The number of hydrogen-bond acceptors (Lipinski definition) is 6. The molecule has 9 heteroatoms. The fraction of sp³-hybridized carbons (Fsp3) is 0.571. The van der Waals surface area contributed by atoms with Crippen LogP contribution in [0.2, 0.25) is 10.4 Å². The van der Waals surface area contributed by atoms with Gasteiger partial charge in [0.05, 0.1) is 17.7 Å². The summed E-state index contributed by atoms with van der Waals surface area (Å²) in [5, 5.41) is 5.09. The summed E-state index contributed by atoms with van der Waals surface area (Å²) >= 11 is 12.0. The Morgan fingerprint density at radius 3 is 2.83 bits per heavy atom. The van der Waals surface area contributed by atoms with Gasteiger partial charge in [0.25, 0.3) is 0 Å². The molecular formula is C14H16Cl2N4O3. The standard InChI is InChI=1S/C14H16Cl2N4O3/c1-4-9-6(2)10(22-7(3)21)13(23-9)20-12-8(5-17-20)11(15)18-14(16)19-12/h5-6,9-10,13H,4H2,1-3H3/t6-,9-,10-,13+/m1/s1. The number of esters is 1. The lowest BCUT2D eigenvalue weighted by Gasteiger charge is -2.21. The molecule has 2 aromatic heterocycles. The zero-order valence-corrected chi connectivity index (χ0v) is 14.4. The molecule has 1 saturated heterocycles. The maximum absolute atomic E-state index is 11.5. The van der Waals surface area contributed by atoms with E-state index in [2.05, 4.69) is 15.1 Å². The maximum atomic E-state index is 11.5. The fourth-order valence-electron chi connectivity index (χ4n) is 2.93. The molecule has 124 valence electrons. The average Bonchev–Trinajstić information content (AvgIpc) is 3.01. The van der Waals surface area contributed by atoms with Gasteiger partial charge in [-0.25, -0.2) is 9.67 Å². The van der Waals surface area contributed by atoms with Gasteiger partial charge in [-0.1, -0.05) is 25.4 Å². The minimum absolute atomic E-state index is 0.0198. The number of hydrogen-bond donors (Lipinski definition) is 0. The lowest BCUT2D eigenvalue weighted by molar-refractivity contribution is -0.154. The van der Waals surface area contributed by atoms with Gasteiger partial charge in [0, 0.05) is 12.8 Å². The molecule has 4 atom stereocenters. The Morgan fingerprint density at radius 1 is 1.43 bits per heavy atom. The molecule has 0 unspecified atom stereocenters. The third-order valence-electron chi connectivity index (χ3n) is 4.03. The Morgan fingerprint density at radius 2 is 2.17 bits per heavy atom. The summed E-state index contributed by atoms with van der Waals surface area (Å²) in [6.45, 7) is 5.38. The van der Waals surface area contributed by atoms with Crippen LogP contribution >= 0.6 is 23.2 Å². The molecule has 0 N–H and O–H groups in total. The van der Waals surface area contributed by atoms with E-state index in [0.29, 0.717) is 11.0 Å². The zero-order chi connectivity index (χ0) is 16.7. The highest BCUT2D eigenvalue weighted by Gasteiger charge is 2.45. The molecule has 1 aliphatic heterocycles. The number of nitrogens with zero attached hydrogens (tertiary/aromatic N) is 4. The number of carbonyl (C=O) groups excluding carboxylic acids is 1. The van der Waals surface area contributed by atoms with Gasteiger partial charge in [0.1, 0.15) is 5.15 Å². The SMILES string of the molecule is CC[C@H]1O[C@H](n2ncc3c(Cl)nc(Cl)nc32)[C@H](OC(C)=O)[C@@H]1C. The van der Waals surface area contributed by atoms with Crippen molar-refractivity contribution in [3.05, 3.63) is 16.6 Å². The minimum Gasteiger partial charge on any atom is -0.457 e. The highest BCUT2D eigenvalue weighted by Crippen LogP contribution is 2.38. The number of ether oxygens (including phenoxy) is 2. The van der Waals surface area contributed by atoms with Crippen molar-refractivity contribution in [2.45, 2.75) is 45.6 Å². The molecule has 1 fully saturated rings. The summed E-state index contributed by atoms with van der Waals surface area (Å²) < 4.78 is 13.1. The monoisotopic (exact) mass is 358 g/mol. The van der Waals surface area contributed by atoms with E-state index < -0.39 is 12.3 Å². The molecule has 0 aromatic carbocycles. The second-order valence-electron chi connectivity index (χ2n) is 5.52. The van der Waals surface area contributed by atoms with E-state index in [4.69, 9.17) is 32.7 Å². The molecule has 0 saturated carbocycles. The van der Waals surface area contributed by atoms with E-state index in [1.54, 1.807) is 10.9 Å². The van der Waals surface area contributed by atoms with Crippen LogP contribution < -0.4 is 0 Å². The van der Waals surface area contributed by atoms with Gasteiger partial charge in [-0.05, 0) is 18.0 Å². The van der Waals surface area contributed by atoms with Gasteiger partial charge in [-0.15, -0.1) is 0 Å². The smallest absolute Gasteiger partial charge is 0.303 e. The Balaban J connectivity index is 2.06. The average molecular weight is 359 g/mol. The largest absolute Gasteiger partial charge is 0.457 e. The van der Waals surface area contributed by atoms with Crippen LogP contribution in [0.1, 0.15) is 33.4 Å². The maximum Gasteiger partial charge on any atom is 0.303 e. The van der Waals surface area contributed by atoms with Crippen molar-refractivity contribution in [1.29, 1.82) is 0 Å². The molecule has 0 spiro atoms. The third kappa shape index (κ3) is 2.88. The molecule has 2 aromatic rings. The quantitative estimate of drug-likeness (QED) is 0.476. The van der Waals surface area contributed by atoms with Crippen molar-refractivity contribution in [3.63, 3.8) is 0 Å². The summed E-state index contributed by atoms with van der Waals surface area (Å²) in [6, 6.07) is 0. The predicted octanol–water partition coefficient (Wildman–Crippen LogP) is 3.01. The van der Waals surface area contributed by atoms with Gasteiger partial charge in [0.2, 0.25) is 5.28 Å². The lowest BCUT2D eigenvalue weighted by atomic mass is 9.98. The first-order chi connectivity index (χ1) is 10.9. The number of carbonyl (C=O) groups is 1. The Kier molecular flexibility index (Phi) is 4.44. The van der Waals surface area contributed by atoms with Gasteiger partial charge < -0.3 is 9.47 Å². The van der Waals surface area contributed by atoms with E-state index >= 15 is 0 Å². The normalized spacial score (nSPS) is 27.5. The second kappa shape index (κ2) is 6.22. The summed E-state index contributed by atoms with van der Waals surface area (Å²) in [6.07, 6.45) is 1.25. The van der Waals surface area contributed by atoms with Gasteiger partial charge >= 0.3 is 5.97 Å². The molecule has 1 aliphatic rings. The Bertz CT molecular complexity index is 751. The van der Waals surface area contributed by atoms with Crippen LogP contribution in [0.4, 0.5) is 0 Å². The molecule has 0 radical (unpaired) electrons. The molecule has 0 aliphatic carbocycles. The third-order valence-corrected chi connectivity index (χ3v) is 4.48. The molecule has 3 rings (SSSR count). The fourth-order valence-corrected chi connectivity index (χ4v) is 3.35. The van der Waals surface area contributed by atoms with Crippen molar-refractivity contribution < 1.29 is 14.3 Å². The summed E-state index contributed by atoms with van der Waals surface area (Å²) in [7, 11) is 0. The van der Waals surface area contributed by atoms with Gasteiger partial charge in [-0.3, -0.25) is 4.79 Å². The van der Waals surface area contributed by atoms with E-state index in [1.807, 2.05) is 13.8 Å². The van der Waals surface area contributed by atoms with Crippen molar-refractivity contribution in [3.8, 4) is 0 Å². The first-order valence-electron chi connectivity index (χ1n) is 7.31. The van der Waals surface area contributed by atoms with E-state index in [9.17, 15) is 4.79 Å². The molecule has 3 heterocycles. The molecule has 23 heavy (non-hydrogen) atoms. The topological polar surface area (TPSA) is 79.1 Å². The predicted molar refractivity (Wildman–Crippen MR) is 84.3 cm³/mol. The lowest BCUT2D eigenvalue weighted by Crippen LogP contribution is -2.30. The molecule has 7 nitrogen and oxygen atoms in total. The highest BCUT2D eigenvalue weighted by atomic mass is 35.5. The van der Waals surface area contributed by atoms with Crippen LogP contribution in [-0.2, 0) is 14.3 Å². The van der Waals surface area contributed by atoms with E-state index in [-0.39, 0.29) is 28.4 Å². The summed E-state index contributed by atoms with van der Waals surface area (Å²) in [5.74, 6) is -0.338. The Hall–Kier alpha value is -1.44. The van der Waals surface area contributed by atoms with E-state index in [0.717, 1.165) is 6.42 Å². The van der Waals surface area contributed by atoms with Gasteiger partial charge in [0.15, 0.2) is 18.0 Å². The first-order valence-corrected chi connectivity index (χ1v) is 8.07. The zero-order valence-electron chi connectivity index (χ0n) is 12.9. The number of rotatable bonds is 3. The van der Waals surface area contributed by atoms with Gasteiger partial charge in [-0.2, -0.15) is 10.1 Å². The van der Waals surface area contributed by atoms with Crippen molar-refractivity contribution in [2.24, 2.45) is 5.92 Å². The van der Waals surface area contributed by atoms with Crippen LogP contribution in [0, 0.1) is 5.92 Å². The van der Waals surface area contributed by atoms with Crippen molar-refractivity contribution >= 4 is 40.2 Å². The van der Waals surface area contributed by atoms with Crippen LogP contribution in [-0.4, -0.2) is 37.9 Å². The number of fused-ring (bicyclic) bond motifs is 1. The van der Waals surface area contributed by atoms with Crippen molar-refractivity contribution in [1.82, 2.24) is 19.7 Å². The number of aromatic nitrogens is 4. The van der Waals surface area contributed by atoms with E-state index in [1.165, 1.54) is 6.92 Å². The second-order valence-corrected chi connectivity index (χ2v) is 6.21. The summed E-state index contributed by atoms with van der Waals surface area (Å²) in [5.41, 5.74) is 0.445. The highest BCUT2D eigenvalue weighted by molar-refractivity contribution is 6.35. The Labute approximate surface area is 142 Å². The first kappa shape index (κ1) is 16.4. The van der Waals surface area contributed by atoms with Crippen LogP contribution in [0.3, 0.4) is 0 Å². The summed E-state index contributed by atoms with van der Waals surface area (Å²) in [4.78, 5) is 19.5. The minimum atomic E-state index is -0.585. The molecular weight excluding hydrogens is 343 g/mol. The molecule has 0 bridgehead atoms. The van der Waals surface area contributed by atoms with Crippen LogP contribution in [0.5, 0.6) is 0 Å². The number of halogens is 2. The molecule has 0 amide bonds. The van der Waals surface area contributed by atoms with Crippen molar-refractivity contribution in [2.75, 3.05) is 0 Å². The van der Waals surface area contributed by atoms with Crippen LogP contribution in [0.25, 0.3) is 11.0 Å².